The second-order valence-electron chi connectivity index (χ2n) is 7.94. The minimum absolute atomic E-state index is 0.0516. The molecular formula is C24H28N2O6. The summed E-state index contributed by atoms with van der Waals surface area (Å²) in [5.74, 6) is 2.04. The average Bonchev–Trinajstić information content (AvgIpc) is 3.22. The summed E-state index contributed by atoms with van der Waals surface area (Å²) in [6.07, 6.45) is 0.629. The molecule has 1 atom stereocenters. The molecule has 2 aromatic rings. The number of hydrogen-bond donors (Lipinski definition) is 0. The highest BCUT2D eigenvalue weighted by Gasteiger charge is 2.30. The van der Waals surface area contributed by atoms with Gasteiger partial charge in [-0.25, -0.2) is 0 Å². The predicted octanol–water partition coefficient (Wildman–Crippen LogP) is 2.24. The minimum Gasteiger partial charge on any atom is -0.497 e. The van der Waals surface area contributed by atoms with Gasteiger partial charge in [-0.05, 0) is 41.8 Å². The first kappa shape index (κ1) is 22.0. The van der Waals surface area contributed by atoms with Gasteiger partial charge in [0.05, 0.1) is 19.8 Å². The molecule has 1 fully saturated rings. The summed E-state index contributed by atoms with van der Waals surface area (Å²) in [5.41, 5.74) is 1.99. The number of aryl methyl sites for hydroxylation is 1. The molecular weight excluding hydrogens is 412 g/mol. The van der Waals surface area contributed by atoms with Crippen LogP contribution >= 0.6 is 0 Å². The minimum atomic E-state index is -0.241. The molecule has 2 amide bonds. The standard InChI is InChI=1S/C24H28N2O6/c1-29-19-7-3-18(4-8-19)12-25-13-20(30-2)14-26(15-24(25)28)23(27)10-6-17-5-9-21-22(11-17)32-16-31-21/h3-5,7-9,11,20H,6,10,12-16H2,1-2H3/t20-/m1/s1. The number of amides is 2. The van der Waals surface area contributed by atoms with E-state index in [1.165, 1.54) is 0 Å². The van der Waals surface area contributed by atoms with Gasteiger partial charge >= 0.3 is 0 Å². The Morgan fingerprint density at radius 2 is 1.78 bits per heavy atom. The number of rotatable bonds is 7. The van der Waals surface area contributed by atoms with Gasteiger partial charge in [0.2, 0.25) is 18.6 Å². The van der Waals surface area contributed by atoms with Crippen LogP contribution in [0.25, 0.3) is 0 Å². The van der Waals surface area contributed by atoms with Crippen molar-refractivity contribution >= 4 is 11.8 Å². The Balaban J connectivity index is 1.37. The van der Waals surface area contributed by atoms with E-state index < -0.39 is 0 Å². The van der Waals surface area contributed by atoms with Crippen molar-refractivity contribution in [3.05, 3.63) is 53.6 Å². The maximum atomic E-state index is 12.9. The number of carbonyl (C=O) groups excluding carboxylic acids is 2. The van der Waals surface area contributed by atoms with Crippen LogP contribution in [0.3, 0.4) is 0 Å². The smallest absolute Gasteiger partial charge is 0.242 e. The molecule has 2 heterocycles. The number of methoxy groups -OCH3 is 2. The molecule has 8 nitrogen and oxygen atoms in total. The number of ether oxygens (including phenoxy) is 4. The molecule has 170 valence electrons. The highest BCUT2D eigenvalue weighted by atomic mass is 16.7. The first-order chi connectivity index (χ1) is 15.6. The van der Waals surface area contributed by atoms with E-state index in [2.05, 4.69) is 0 Å². The fourth-order valence-electron chi connectivity index (χ4n) is 3.93. The summed E-state index contributed by atoms with van der Waals surface area (Å²) in [6, 6.07) is 13.3. The third kappa shape index (κ3) is 5.13. The third-order valence-electron chi connectivity index (χ3n) is 5.81. The zero-order chi connectivity index (χ0) is 22.5. The molecule has 2 aliphatic rings. The quantitative estimate of drug-likeness (QED) is 0.657. The van der Waals surface area contributed by atoms with E-state index in [-0.39, 0.29) is 31.3 Å². The Bertz CT molecular complexity index is 961. The van der Waals surface area contributed by atoms with Crippen LogP contribution in [0.4, 0.5) is 0 Å². The average molecular weight is 440 g/mol. The normalized spacial score (nSPS) is 17.9. The molecule has 0 spiro atoms. The molecule has 0 N–H and O–H groups in total. The molecule has 4 rings (SSSR count). The van der Waals surface area contributed by atoms with Gasteiger partial charge in [0.25, 0.3) is 0 Å². The highest BCUT2D eigenvalue weighted by molar-refractivity contribution is 5.85. The summed E-state index contributed by atoms with van der Waals surface area (Å²) in [7, 11) is 3.23. The van der Waals surface area contributed by atoms with Crippen LogP contribution < -0.4 is 14.2 Å². The van der Waals surface area contributed by atoms with E-state index >= 15 is 0 Å². The lowest BCUT2D eigenvalue weighted by Crippen LogP contribution is -2.39. The van der Waals surface area contributed by atoms with E-state index in [4.69, 9.17) is 18.9 Å². The van der Waals surface area contributed by atoms with Crippen LogP contribution in [-0.2, 0) is 27.3 Å². The monoisotopic (exact) mass is 440 g/mol. The molecule has 2 aromatic carbocycles. The van der Waals surface area contributed by atoms with Crippen molar-refractivity contribution < 1.29 is 28.5 Å². The summed E-state index contributed by atoms with van der Waals surface area (Å²) in [4.78, 5) is 29.2. The van der Waals surface area contributed by atoms with E-state index in [0.29, 0.717) is 38.2 Å². The van der Waals surface area contributed by atoms with Gasteiger partial charge < -0.3 is 28.7 Å². The lowest BCUT2D eigenvalue weighted by atomic mass is 10.1. The molecule has 1 saturated heterocycles. The number of hydrogen-bond acceptors (Lipinski definition) is 6. The van der Waals surface area contributed by atoms with Gasteiger partial charge in [0.1, 0.15) is 5.75 Å². The molecule has 0 unspecified atom stereocenters. The first-order valence-corrected chi connectivity index (χ1v) is 10.7. The number of benzene rings is 2. The second-order valence-corrected chi connectivity index (χ2v) is 7.94. The van der Waals surface area contributed by atoms with E-state index in [1.54, 1.807) is 24.0 Å². The van der Waals surface area contributed by atoms with Crippen molar-refractivity contribution in [3.63, 3.8) is 0 Å². The van der Waals surface area contributed by atoms with Crippen molar-refractivity contribution in [3.8, 4) is 17.2 Å². The Morgan fingerprint density at radius 1 is 1.03 bits per heavy atom. The van der Waals surface area contributed by atoms with Crippen LogP contribution in [0.5, 0.6) is 17.2 Å². The van der Waals surface area contributed by atoms with Gasteiger partial charge in [-0.2, -0.15) is 0 Å². The molecule has 0 aromatic heterocycles. The predicted molar refractivity (Wildman–Crippen MR) is 117 cm³/mol. The Labute approximate surface area is 187 Å². The van der Waals surface area contributed by atoms with Crippen molar-refractivity contribution in [2.45, 2.75) is 25.5 Å². The van der Waals surface area contributed by atoms with E-state index in [0.717, 1.165) is 22.6 Å². The fraction of sp³-hybridized carbons (Fsp3) is 0.417. The highest BCUT2D eigenvalue weighted by Crippen LogP contribution is 2.32. The largest absolute Gasteiger partial charge is 0.497 e. The van der Waals surface area contributed by atoms with Crippen LogP contribution in [0.2, 0.25) is 0 Å². The molecule has 0 bridgehead atoms. The van der Waals surface area contributed by atoms with Gasteiger partial charge in [-0.1, -0.05) is 18.2 Å². The van der Waals surface area contributed by atoms with Crippen LogP contribution in [0, 0.1) is 0 Å². The zero-order valence-corrected chi connectivity index (χ0v) is 18.4. The second kappa shape index (κ2) is 9.91. The Hall–Kier alpha value is -3.26. The zero-order valence-electron chi connectivity index (χ0n) is 18.4. The van der Waals surface area contributed by atoms with Crippen molar-refractivity contribution in [2.24, 2.45) is 0 Å². The maximum absolute atomic E-state index is 12.9. The van der Waals surface area contributed by atoms with Gasteiger partial charge in [0, 0.05) is 33.2 Å². The van der Waals surface area contributed by atoms with E-state index in [9.17, 15) is 9.59 Å². The van der Waals surface area contributed by atoms with Gasteiger partial charge in [-0.15, -0.1) is 0 Å². The molecule has 0 radical (unpaired) electrons. The Kier molecular flexibility index (Phi) is 6.80. The molecule has 0 aliphatic carbocycles. The van der Waals surface area contributed by atoms with Crippen molar-refractivity contribution in [1.29, 1.82) is 0 Å². The lowest BCUT2D eigenvalue weighted by Gasteiger charge is -2.23. The van der Waals surface area contributed by atoms with Gasteiger partial charge in [0.15, 0.2) is 11.5 Å². The third-order valence-corrected chi connectivity index (χ3v) is 5.81. The topological polar surface area (TPSA) is 77.5 Å². The number of nitrogens with zero attached hydrogens (tertiary/aromatic N) is 2. The molecule has 0 saturated carbocycles. The number of carbonyl (C=O) groups is 2. The van der Waals surface area contributed by atoms with E-state index in [1.807, 2.05) is 42.5 Å². The fourth-order valence-corrected chi connectivity index (χ4v) is 3.93. The summed E-state index contributed by atoms with van der Waals surface area (Å²) >= 11 is 0. The summed E-state index contributed by atoms with van der Waals surface area (Å²) in [6.45, 7) is 1.56. The summed E-state index contributed by atoms with van der Waals surface area (Å²) < 4.78 is 21.5. The first-order valence-electron chi connectivity index (χ1n) is 10.7. The van der Waals surface area contributed by atoms with Crippen LogP contribution in [0.15, 0.2) is 42.5 Å². The van der Waals surface area contributed by atoms with Crippen molar-refractivity contribution in [2.75, 3.05) is 40.6 Å². The van der Waals surface area contributed by atoms with Crippen molar-refractivity contribution in [1.82, 2.24) is 9.80 Å². The molecule has 8 heteroatoms. The number of fused-ring (bicyclic) bond motifs is 1. The maximum Gasteiger partial charge on any atom is 0.242 e. The Morgan fingerprint density at radius 3 is 2.53 bits per heavy atom. The summed E-state index contributed by atoms with van der Waals surface area (Å²) in [5, 5.41) is 0. The molecule has 2 aliphatic heterocycles. The van der Waals surface area contributed by atoms with Crippen LogP contribution in [0.1, 0.15) is 17.5 Å². The van der Waals surface area contributed by atoms with Crippen LogP contribution in [-0.4, -0.2) is 68.4 Å². The molecule has 32 heavy (non-hydrogen) atoms. The SMILES string of the molecule is COc1ccc(CN2C[C@@H](OC)CN(C(=O)CCc3ccc4c(c3)OCO4)CC2=O)cc1. The lowest BCUT2D eigenvalue weighted by molar-refractivity contribution is -0.139. The van der Waals surface area contributed by atoms with Gasteiger partial charge in [-0.3, -0.25) is 9.59 Å².